The van der Waals surface area contributed by atoms with Crippen molar-refractivity contribution < 1.29 is 0 Å². The third-order valence-electron chi connectivity index (χ3n) is 2.67. The predicted octanol–water partition coefficient (Wildman–Crippen LogP) is 3.15. The van der Waals surface area contributed by atoms with E-state index in [9.17, 15) is 0 Å². The van der Waals surface area contributed by atoms with E-state index in [1.807, 2.05) is 18.4 Å². The van der Waals surface area contributed by atoms with Crippen LogP contribution in [-0.2, 0) is 12.8 Å². The van der Waals surface area contributed by atoms with E-state index < -0.39 is 0 Å². The highest BCUT2D eigenvalue weighted by Crippen LogP contribution is 2.29. The van der Waals surface area contributed by atoms with Gasteiger partial charge in [-0.2, -0.15) is 0 Å². The Hall–Kier alpha value is 0.170. The number of hydrogen-bond acceptors (Lipinski definition) is 3. The number of nitrogens with one attached hydrogen (secondary N) is 1. The van der Waals surface area contributed by atoms with E-state index in [-0.39, 0.29) is 24.8 Å². The minimum atomic E-state index is 0. The van der Waals surface area contributed by atoms with Crippen LogP contribution < -0.4 is 5.32 Å². The highest BCUT2D eigenvalue weighted by molar-refractivity contribution is 7.11. The fourth-order valence-corrected chi connectivity index (χ4v) is 2.90. The lowest BCUT2D eigenvalue weighted by Gasteiger charge is -2.06. The lowest BCUT2D eigenvalue weighted by atomic mass is 10.0. The topological polar surface area (TPSA) is 24.9 Å². The molecule has 0 saturated carbocycles. The average molecular weight is 269 g/mol. The van der Waals surface area contributed by atoms with Crippen LogP contribution in [0.15, 0.2) is 0 Å². The van der Waals surface area contributed by atoms with E-state index in [2.05, 4.69) is 17.2 Å². The van der Waals surface area contributed by atoms with Crippen LogP contribution in [0, 0.1) is 0 Å². The smallest absolute Gasteiger partial charge is 0.110 e. The summed E-state index contributed by atoms with van der Waals surface area (Å²) in [5.74, 6) is 0. The highest BCUT2D eigenvalue weighted by Gasteiger charge is 2.17. The third-order valence-corrected chi connectivity index (χ3v) is 4.01. The number of aromatic nitrogens is 1. The molecule has 1 heterocycles. The predicted molar refractivity (Wildman–Crippen MR) is 70.7 cm³/mol. The molecule has 0 fully saturated rings. The zero-order chi connectivity index (χ0) is 9.26. The lowest BCUT2D eigenvalue weighted by molar-refractivity contribution is 0.636. The van der Waals surface area contributed by atoms with Gasteiger partial charge in [0.1, 0.15) is 5.01 Å². The molecule has 88 valence electrons. The summed E-state index contributed by atoms with van der Waals surface area (Å²) in [4.78, 5) is 6.21. The lowest BCUT2D eigenvalue weighted by Crippen LogP contribution is -2.11. The third kappa shape index (κ3) is 3.31. The molecule has 0 bridgehead atoms. The summed E-state index contributed by atoms with van der Waals surface area (Å²) < 4.78 is 0. The Morgan fingerprint density at radius 2 is 1.93 bits per heavy atom. The Labute approximate surface area is 108 Å². The van der Waals surface area contributed by atoms with Gasteiger partial charge in [-0.05, 0) is 39.7 Å². The van der Waals surface area contributed by atoms with Crippen molar-refractivity contribution in [3.05, 3.63) is 15.6 Å². The summed E-state index contributed by atoms with van der Waals surface area (Å²) >= 11 is 1.89. The van der Waals surface area contributed by atoms with Gasteiger partial charge in [0.2, 0.25) is 0 Å². The zero-order valence-corrected chi connectivity index (χ0v) is 11.5. The number of halogens is 2. The number of aryl methyl sites for hydroxylation is 2. The normalized spacial score (nSPS) is 15.9. The van der Waals surface area contributed by atoms with Crippen molar-refractivity contribution in [2.45, 2.75) is 38.6 Å². The SMILES string of the molecule is CNC(C)c1nc2c(s1)CCCC2.Cl.Cl. The first-order valence-corrected chi connectivity index (χ1v) is 5.78. The zero-order valence-electron chi connectivity index (χ0n) is 9.08. The maximum atomic E-state index is 4.68. The van der Waals surface area contributed by atoms with Crippen molar-refractivity contribution in [2.75, 3.05) is 7.05 Å². The van der Waals surface area contributed by atoms with Crippen LogP contribution in [0.25, 0.3) is 0 Å². The van der Waals surface area contributed by atoms with Gasteiger partial charge in [-0.3, -0.25) is 0 Å². The van der Waals surface area contributed by atoms with E-state index in [1.54, 1.807) is 0 Å². The highest BCUT2D eigenvalue weighted by atomic mass is 35.5. The van der Waals surface area contributed by atoms with Crippen molar-refractivity contribution >= 4 is 36.2 Å². The van der Waals surface area contributed by atoms with Crippen LogP contribution in [0.1, 0.15) is 41.4 Å². The van der Waals surface area contributed by atoms with Crippen LogP contribution in [-0.4, -0.2) is 12.0 Å². The van der Waals surface area contributed by atoms with Gasteiger partial charge in [0.05, 0.1) is 11.7 Å². The minimum Gasteiger partial charge on any atom is -0.311 e. The van der Waals surface area contributed by atoms with Gasteiger partial charge in [0.25, 0.3) is 0 Å². The summed E-state index contributed by atoms with van der Waals surface area (Å²) in [6, 6.07) is 0.413. The molecule has 1 N–H and O–H groups in total. The number of rotatable bonds is 2. The molecule has 0 radical (unpaired) electrons. The Balaban J connectivity index is 0.000000980. The maximum Gasteiger partial charge on any atom is 0.110 e. The van der Waals surface area contributed by atoms with Gasteiger partial charge in [-0.1, -0.05) is 0 Å². The number of thiazole rings is 1. The molecule has 0 amide bonds. The molecule has 2 rings (SSSR count). The van der Waals surface area contributed by atoms with Gasteiger partial charge >= 0.3 is 0 Å². The molecule has 0 spiro atoms. The van der Waals surface area contributed by atoms with Crippen molar-refractivity contribution in [3.8, 4) is 0 Å². The summed E-state index contributed by atoms with van der Waals surface area (Å²) in [6.45, 7) is 2.17. The Kier molecular flexibility index (Phi) is 6.76. The second kappa shape index (κ2) is 6.69. The molecule has 1 aromatic rings. The van der Waals surface area contributed by atoms with Crippen LogP contribution in [0.5, 0.6) is 0 Å². The molecule has 1 atom stereocenters. The molecule has 0 aromatic carbocycles. The summed E-state index contributed by atoms with van der Waals surface area (Å²) in [5, 5.41) is 4.50. The molecule has 0 saturated heterocycles. The van der Waals surface area contributed by atoms with E-state index in [0.717, 1.165) is 0 Å². The summed E-state index contributed by atoms with van der Waals surface area (Å²) in [5.41, 5.74) is 1.37. The van der Waals surface area contributed by atoms with Crippen molar-refractivity contribution in [3.63, 3.8) is 0 Å². The fourth-order valence-electron chi connectivity index (χ4n) is 1.68. The van der Waals surface area contributed by atoms with E-state index >= 15 is 0 Å². The summed E-state index contributed by atoms with van der Waals surface area (Å²) in [7, 11) is 1.99. The van der Waals surface area contributed by atoms with Gasteiger partial charge in [-0.15, -0.1) is 36.2 Å². The first-order chi connectivity index (χ1) is 6.31. The molecule has 1 aromatic heterocycles. The minimum absolute atomic E-state index is 0. The van der Waals surface area contributed by atoms with Gasteiger partial charge in [0.15, 0.2) is 0 Å². The molecule has 15 heavy (non-hydrogen) atoms. The first kappa shape index (κ1) is 15.2. The number of hydrogen-bond donors (Lipinski definition) is 1. The maximum absolute atomic E-state index is 4.68. The molecular formula is C10H18Cl2N2S. The molecule has 1 aliphatic rings. The van der Waals surface area contributed by atoms with Crippen LogP contribution in [0.4, 0.5) is 0 Å². The van der Waals surface area contributed by atoms with Crippen molar-refractivity contribution in [1.82, 2.24) is 10.3 Å². The molecule has 1 unspecified atom stereocenters. The van der Waals surface area contributed by atoms with E-state index in [4.69, 9.17) is 0 Å². The molecule has 5 heteroatoms. The number of nitrogens with zero attached hydrogens (tertiary/aromatic N) is 1. The second-order valence-corrected chi connectivity index (χ2v) is 4.75. The van der Waals surface area contributed by atoms with Crippen molar-refractivity contribution in [2.24, 2.45) is 0 Å². The van der Waals surface area contributed by atoms with Crippen LogP contribution >= 0.6 is 36.2 Å². The van der Waals surface area contributed by atoms with Gasteiger partial charge < -0.3 is 5.32 Å². The fraction of sp³-hybridized carbons (Fsp3) is 0.700. The summed E-state index contributed by atoms with van der Waals surface area (Å²) in [6.07, 6.45) is 5.12. The molecule has 1 aliphatic carbocycles. The first-order valence-electron chi connectivity index (χ1n) is 4.97. The quantitative estimate of drug-likeness (QED) is 0.892. The Bertz CT molecular complexity index is 278. The molecular weight excluding hydrogens is 251 g/mol. The molecule has 0 aliphatic heterocycles. The van der Waals surface area contributed by atoms with Gasteiger partial charge in [0, 0.05) is 4.88 Å². The van der Waals surface area contributed by atoms with Crippen LogP contribution in [0.3, 0.4) is 0 Å². The Morgan fingerprint density at radius 1 is 1.27 bits per heavy atom. The number of fused-ring (bicyclic) bond motifs is 1. The van der Waals surface area contributed by atoms with Crippen molar-refractivity contribution in [1.29, 1.82) is 0 Å². The monoisotopic (exact) mass is 268 g/mol. The van der Waals surface area contributed by atoms with Crippen LogP contribution in [0.2, 0.25) is 0 Å². The van der Waals surface area contributed by atoms with E-state index in [0.29, 0.717) is 6.04 Å². The average Bonchev–Trinajstić information content (AvgIpc) is 2.59. The Morgan fingerprint density at radius 3 is 2.53 bits per heavy atom. The second-order valence-electron chi connectivity index (χ2n) is 3.64. The molecule has 2 nitrogen and oxygen atoms in total. The standard InChI is InChI=1S/C10H16N2S.2ClH/c1-7(11-2)10-12-8-5-3-4-6-9(8)13-10;;/h7,11H,3-6H2,1-2H3;2*1H. The van der Waals surface area contributed by atoms with E-state index in [1.165, 1.54) is 41.3 Å². The largest absolute Gasteiger partial charge is 0.311 e. The van der Waals surface area contributed by atoms with Gasteiger partial charge in [-0.25, -0.2) is 4.98 Å².